The first-order chi connectivity index (χ1) is 11.7. The fraction of sp³-hybridized carbons (Fsp3) is 0.778. The highest BCUT2D eigenvalue weighted by Crippen LogP contribution is 2.70. The molecule has 7 heteroatoms. The Kier molecular flexibility index (Phi) is 2.81. The molecule has 4 aliphatic heterocycles. The van der Waals surface area contributed by atoms with Crippen LogP contribution < -0.4 is 0 Å². The third-order valence-electron chi connectivity index (χ3n) is 6.77. The molecule has 0 aromatic carbocycles. The van der Waals surface area contributed by atoms with Crippen molar-refractivity contribution in [3.8, 4) is 0 Å². The van der Waals surface area contributed by atoms with Crippen LogP contribution in [0.15, 0.2) is 12.5 Å². The summed E-state index contributed by atoms with van der Waals surface area (Å²) in [5.41, 5.74) is 0.415. The van der Waals surface area contributed by atoms with Crippen molar-refractivity contribution in [1.82, 2.24) is 14.5 Å². The van der Waals surface area contributed by atoms with Crippen LogP contribution in [0.5, 0.6) is 0 Å². The summed E-state index contributed by atoms with van der Waals surface area (Å²) in [4.78, 5) is 18.5. The topological polar surface area (TPSA) is 76.8 Å². The van der Waals surface area contributed by atoms with Gasteiger partial charge in [0.1, 0.15) is 12.5 Å². The van der Waals surface area contributed by atoms with Crippen molar-refractivity contribution in [2.75, 3.05) is 0 Å². The van der Waals surface area contributed by atoms with Gasteiger partial charge in [0.15, 0.2) is 12.3 Å². The Morgan fingerprint density at radius 3 is 2.24 bits per heavy atom. The van der Waals surface area contributed by atoms with Crippen LogP contribution in [0.4, 0.5) is 0 Å². The smallest absolute Gasteiger partial charge is 0.327 e. The Balaban J connectivity index is 1.64. The maximum Gasteiger partial charge on any atom is 0.327 e. The highest BCUT2D eigenvalue weighted by atomic mass is 16.7. The van der Waals surface area contributed by atoms with E-state index in [-0.39, 0.29) is 35.0 Å². The minimum atomic E-state index is -0.908. The first kappa shape index (κ1) is 15.8. The molecule has 5 heterocycles. The predicted molar refractivity (Wildman–Crippen MR) is 87.1 cm³/mol. The number of hydrogen-bond acceptors (Lipinski definition) is 5. The second-order valence-corrected chi connectivity index (χ2v) is 9.45. The third kappa shape index (κ3) is 1.86. The second-order valence-electron chi connectivity index (χ2n) is 9.45. The summed E-state index contributed by atoms with van der Waals surface area (Å²) in [7, 11) is 1.85. The highest BCUT2D eigenvalue weighted by molar-refractivity contribution is 5.75. The second kappa shape index (κ2) is 4.45. The lowest BCUT2D eigenvalue weighted by molar-refractivity contribution is -0.479. The first-order valence-electron chi connectivity index (χ1n) is 8.94. The van der Waals surface area contributed by atoms with Crippen molar-refractivity contribution in [2.24, 2.45) is 23.3 Å². The highest BCUT2D eigenvalue weighted by Gasteiger charge is 2.73. The van der Waals surface area contributed by atoms with E-state index < -0.39 is 12.0 Å². The number of carboxylic acids is 1. The van der Waals surface area contributed by atoms with Crippen LogP contribution in [0.2, 0.25) is 0 Å². The van der Waals surface area contributed by atoms with Gasteiger partial charge in [0.25, 0.3) is 0 Å². The lowest BCUT2D eigenvalue weighted by Gasteiger charge is -2.74. The van der Waals surface area contributed by atoms with E-state index in [0.717, 1.165) is 19.3 Å². The van der Waals surface area contributed by atoms with Gasteiger partial charge >= 0.3 is 5.97 Å². The van der Waals surface area contributed by atoms with Gasteiger partial charge in [-0.3, -0.25) is 4.79 Å². The summed E-state index contributed by atoms with van der Waals surface area (Å²) in [6, 6.07) is -0.862. The molecule has 4 unspecified atom stereocenters. The van der Waals surface area contributed by atoms with Crippen molar-refractivity contribution >= 4 is 5.97 Å². The molecule has 0 amide bonds. The number of aliphatic carboxylic acids is 1. The lowest BCUT2D eigenvalue weighted by Crippen LogP contribution is -2.79. The van der Waals surface area contributed by atoms with E-state index in [1.165, 1.54) is 0 Å². The zero-order chi connectivity index (χ0) is 17.8. The molecule has 6 rings (SSSR count). The van der Waals surface area contributed by atoms with E-state index in [0.29, 0.717) is 5.69 Å². The molecule has 0 spiro atoms. The fourth-order valence-electron chi connectivity index (χ4n) is 6.63. The molecule has 5 fully saturated rings. The Morgan fingerprint density at radius 2 is 1.76 bits per heavy atom. The van der Waals surface area contributed by atoms with Crippen LogP contribution in [0, 0.1) is 16.2 Å². The van der Waals surface area contributed by atoms with E-state index in [1.807, 2.05) is 11.9 Å². The van der Waals surface area contributed by atoms with Crippen LogP contribution in [-0.2, 0) is 21.3 Å². The molecular weight excluding hydrogens is 322 g/mol. The normalized spacial score (nSPS) is 48.9. The van der Waals surface area contributed by atoms with Crippen LogP contribution in [0.3, 0.4) is 0 Å². The molecule has 25 heavy (non-hydrogen) atoms. The number of carbonyl (C=O) groups is 1. The van der Waals surface area contributed by atoms with Gasteiger partial charge in [-0.15, -0.1) is 0 Å². The van der Waals surface area contributed by atoms with Crippen molar-refractivity contribution in [2.45, 2.75) is 64.8 Å². The van der Waals surface area contributed by atoms with Crippen molar-refractivity contribution in [3.05, 3.63) is 18.2 Å². The molecule has 1 saturated carbocycles. The quantitative estimate of drug-likeness (QED) is 0.902. The average Bonchev–Trinajstić information content (AvgIpc) is 2.89. The van der Waals surface area contributed by atoms with Gasteiger partial charge < -0.3 is 19.1 Å². The Bertz CT molecular complexity index is 727. The van der Waals surface area contributed by atoms with Gasteiger partial charge in [0.2, 0.25) is 0 Å². The van der Waals surface area contributed by atoms with Gasteiger partial charge in [0.05, 0.1) is 12.0 Å². The molecule has 0 radical (unpaired) electrons. The van der Waals surface area contributed by atoms with Crippen molar-refractivity contribution < 1.29 is 19.4 Å². The largest absolute Gasteiger partial charge is 0.480 e. The number of rotatable bonds is 3. The zero-order valence-electron chi connectivity index (χ0n) is 15.1. The average molecular weight is 347 g/mol. The minimum Gasteiger partial charge on any atom is -0.480 e. The Hall–Kier alpha value is -1.44. The Labute approximate surface area is 146 Å². The molecule has 7 atom stereocenters. The summed E-state index contributed by atoms with van der Waals surface area (Å²) in [6.07, 6.45) is 5.69. The lowest BCUT2D eigenvalue weighted by atomic mass is 9.48. The number of ether oxygens (including phenoxy) is 2. The van der Waals surface area contributed by atoms with Crippen LogP contribution >= 0.6 is 0 Å². The number of imidazole rings is 1. The molecule has 4 saturated heterocycles. The fourth-order valence-corrected chi connectivity index (χ4v) is 6.63. The number of aromatic nitrogens is 2. The number of nitrogens with zero attached hydrogens (tertiary/aromatic N) is 3. The maximum atomic E-state index is 12.2. The van der Waals surface area contributed by atoms with Gasteiger partial charge in [-0.2, -0.15) is 0 Å². The number of hydrogen-bond donors (Lipinski definition) is 1. The molecule has 6 bridgehead atoms. The van der Waals surface area contributed by atoms with Crippen LogP contribution in [0.1, 0.15) is 51.8 Å². The molecule has 1 aliphatic carbocycles. The third-order valence-corrected chi connectivity index (χ3v) is 6.77. The van der Waals surface area contributed by atoms with E-state index in [1.54, 1.807) is 17.1 Å². The number of piperidine rings is 1. The number of aryl methyl sites for hydroxylation is 1. The summed E-state index contributed by atoms with van der Waals surface area (Å²) in [5, 5.41) is 10.0. The Morgan fingerprint density at radius 1 is 1.20 bits per heavy atom. The monoisotopic (exact) mass is 347 g/mol. The van der Waals surface area contributed by atoms with E-state index in [4.69, 9.17) is 9.47 Å². The standard InChI is InChI=1S/C18H25N3O4/c1-16-6-17(2)8-18(3,7-16)15-24-13(16)21(14(17)25-15)11(12(22)23)10-5-20(4)9-19-10/h5,9,11,13-15H,6-8H2,1-4H3,(H,22,23)/t11-,13?,14?,15?,16-,17+,18?/m0/s1. The van der Waals surface area contributed by atoms with Gasteiger partial charge in [-0.05, 0) is 19.3 Å². The first-order valence-corrected chi connectivity index (χ1v) is 8.94. The van der Waals surface area contributed by atoms with Crippen LogP contribution in [-0.4, -0.2) is 44.3 Å². The molecule has 1 aromatic rings. The molecule has 1 N–H and O–H groups in total. The van der Waals surface area contributed by atoms with Crippen molar-refractivity contribution in [1.29, 1.82) is 0 Å². The zero-order valence-corrected chi connectivity index (χ0v) is 15.1. The molecule has 7 nitrogen and oxygen atoms in total. The van der Waals surface area contributed by atoms with E-state index in [9.17, 15) is 9.90 Å². The van der Waals surface area contributed by atoms with Crippen LogP contribution in [0.25, 0.3) is 0 Å². The van der Waals surface area contributed by atoms with Gasteiger partial charge in [0, 0.05) is 29.5 Å². The minimum absolute atomic E-state index is 0.0184. The summed E-state index contributed by atoms with van der Waals surface area (Å²) >= 11 is 0. The molecule has 5 aliphatic rings. The van der Waals surface area contributed by atoms with E-state index >= 15 is 0 Å². The number of carboxylic acid groups (broad SMARTS) is 1. The van der Waals surface area contributed by atoms with Crippen molar-refractivity contribution in [3.63, 3.8) is 0 Å². The predicted octanol–water partition coefficient (Wildman–Crippen LogP) is 2.10. The van der Waals surface area contributed by atoms with Gasteiger partial charge in [-0.25, -0.2) is 9.88 Å². The summed E-state index contributed by atoms with van der Waals surface area (Å²) in [5.74, 6) is -0.908. The van der Waals surface area contributed by atoms with E-state index in [2.05, 4.69) is 25.8 Å². The molecule has 1 aromatic heterocycles. The molecule has 136 valence electrons. The maximum absolute atomic E-state index is 12.2. The SMILES string of the molecule is Cn1cnc([C@@H](C(=O)O)N2C3OC4OC2[C@]2(C)CC4(C)C[C@@]3(C)C2)c1. The summed E-state index contributed by atoms with van der Waals surface area (Å²) in [6.45, 7) is 6.74. The van der Waals surface area contributed by atoms with Gasteiger partial charge in [-0.1, -0.05) is 20.8 Å². The summed E-state index contributed by atoms with van der Waals surface area (Å²) < 4.78 is 14.5. The molecular formula is C18H25N3O4.